The molecule has 0 N–H and O–H groups in total. The fraction of sp³-hybridized carbons (Fsp3) is 0. The van der Waals surface area contributed by atoms with Crippen molar-refractivity contribution in [1.82, 2.24) is 0 Å². The smallest absolute Gasteiger partial charge is 0.0361 e. The zero-order valence-electron chi connectivity index (χ0n) is 7.53. The second kappa shape index (κ2) is 2.98. The van der Waals surface area contributed by atoms with E-state index in [-0.39, 0.29) is 0 Å². The molecule has 0 nitrogen and oxygen atoms in total. The van der Waals surface area contributed by atoms with Crippen LogP contribution in [-0.2, 0) is 0 Å². The lowest BCUT2D eigenvalue weighted by Crippen LogP contribution is -2.16. The first-order valence-corrected chi connectivity index (χ1v) is 5.37. The molecule has 0 spiro atoms. The summed E-state index contributed by atoms with van der Waals surface area (Å²) in [6.07, 6.45) is 8.20. The normalized spacial score (nSPS) is 13.1. The lowest BCUT2D eigenvalue weighted by molar-refractivity contribution is 1.76. The van der Waals surface area contributed by atoms with Crippen molar-refractivity contribution in [3.8, 4) is 0 Å². The summed E-state index contributed by atoms with van der Waals surface area (Å²) in [5.74, 6) is 0. The van der Waals surface area contributed by atoms with Crippen molar-refractivity contribution < 1.29 is 0 Å². The van der Waals surface area contributed by atoms with Crippen LogP contribution in [0.1, 0.15) is 0 Å². The van der Waals surface area contributed by atoms with Gasteiger partial charge >= 0.3 is 0 Å². The zero-order valence-corrected chi connectivity index (χ0v) is 8.34. The Kier molecular flexibility index (Phi) is 1.66. The number of fused-ring (bicyclic) bond motifs is 3. The molecule has 1 heteroatoms. The Bertz CT molecular complexity index is 665. The van der Waals surface area contributed by atoms with Crippen LogP contribution in [0.25, 0.3) is 22.2 Å². The molecule has 0 unspecified atom stereocenters. The molecule has 66 valence electrons. The van der Waals surface area contributed by atoms with Gasteiger partial charge in [0.25, 0.3) is 0 Å². The van der Waals surface area contributed by atoms with Crippen LogP contribution in [0, 0.1) is 0 Å². The van der Waals surface area contributed by atoms with Crippen LogP contribution in [0.5, 0.6) is 0 Å². The Morgan fingerprint density at radius 3 is 2.86 bits per heavy atom. The highest BCUT2D eigenvalue weighted by molar-refractivity contribution is 7.17. The molecule has 1 aromatic carbocycles. The second-order valence-corrected chi connectivity index (χ2v) is 4.29. The third kappa shape index (κ3) is 1.07. The van der Waals surface area contributed by atoms with Crippen molar-refractivity contribution in [2.24, 2.45) is 0 Å². The minimum atomic E-state index is 1.33. The quantitative estimate of drug-likeness (QED) is 0.567. The van der Waals surface area contributed by atoms with Crippen LogP contribution in [0.2, 0.25) is 0 Å². The van der Waals surface area contributed by atoms with Gasteiger partial charge in [0.05, 0.1) is 0 Å². The van der Waals surface area contributed by atoms with Crippen LogP contribution in [0.15, 0.2) is 42.1 Å². The molecule has 0 saturated heterocycles. The van der Waals surface area contributed by atoms with Gasteiger partial charge in [-0.2, -0.15) is 0 Å². The van der Waals surface area contributed by atoms with Gasteiger partial charge in [-0.05, 0) is 30.4 Å². The Morgan fingerprint density at radius 2 is 1.86 bits per heavy atom. The molecule has 0 saturated carbocycles. The molecule has 0 fully saturated rings. The van der Waals surface area contributed by atoms with E-state index in [1.807, 2.05) is 23.5 Å². The first kappa shape index (κ1) is 7.81. The first-order valence-electron chi connectivity index (χ1n) is 4.56. The third-order valence-corrected chi connectivity index (χ3v) is 3.49. The molecule has 1 heterocycles. The Labute approximate surface area is 85.8 Å². The zero-order chi connectivity index (χ0) is 9.38. The van der Waals surface area contributed by atoms with E-state index in [0.29, 0.717) is 0 Å². The van der Waals surface area contributed by atoms with Gasteiger partial charge in [-0.25, -0.2) is 0 Å². The van der Waals surface area contributed by atoms with E-state index in [9.17, 15) is 0 Å². The summed E-state index contributed by atoms with van der Waals surface area (Å²) in [5.41, 5.74) is 3.09. The van der Waals surface area contributed by atoms with E-state index in [4.69, 9.17) is 0 Å². The number of rotatable bonds is 0. The molecule has 0 bridgehead atoms. The summed E-state index contributed by atoms with van der Waals surface area (Å²) >= 11 is 1.83. The van der Waals surface area contributed by atoms with E-state index in [1.165, 1.54) is 19.8 Å². The van der Waals surface area contributed by atoms with Crippen molar-refractivity contribution in [1.29, 1.82) is 0 Å². The molecular formula is C13H8S. The highest BCUT2D eigenvalue weighted by Crippen LogP contribution is 2.12. The molecule has 0 amide bonds. The van der Waals surface area contributed by atoms with Crippen molar-refractivity contribution >= 4 is 33.6 Å². The highest BCUT2D eigenvalue weighted by atomic mass is 32.1. The van der Waals surface area contributed by atoms with Crippen LogP contribution < -0.4 is 9.75 Å². The van der Waals surface area contributed by atoms with Gasteiger partial charge in [-0.3, -0.25) is 0 Å². The van der Waals surface area contributed by atoms with Crippen molar-refractivity contribution in [2.45, 2.75) is 0 Å². The van der Waals surface area contributed by atoms with Gasteiger partial charge < -0.3 is 0 Å². The highest BCUT2D eigenvalue weighted by Gasteiger charge is 1.98. The summed E-state index contributed by atoms with van der Waals surface area (Å²) in [6.45, 7) is 0. The molecule has 0 radical (unpaired) electrons. The van der Waals surface area contributed by atoms with Crippen molar-refractivity contribution in [3.05, 3.63) is 51.9 Å². The Hall–Kier alpha value is -1.56. The maximum atomic E-state index is 3.09. The number of hydrogen-bond donors (Lipinski definition) is 0. The minimum Gasteiger partial charge on any atom is -0.135 e. The van der Waals surface area contributed by atoms with Crippen LogP contribution in [-0.4, -0.2) is 0 Å². The summed E-state index contributed by atoms with van der Waals surface area (Å²) in [7, 11) is 0. The molecule has 2 aromatic rings. The molecule has 0 atom stereocenters. The van der Waals surface area contributed by atoms with E-state index in [2.05, 4.69) is 42.1 Å². The molecular weight excluding hydrogens is 188 g/mol. The van der Waals surface area contributed by atoms with Gasteiger partial charge in [0.2, 0.25) is 0 Å². The van der Waals surface area contributed by atoms with Crippen molar-refractivity contribution in [3.63, 3.8) is 0 Å². The summed E-state index contributed by atoms with van der Waals surface area (Å²) < 4.78 is 2.68. The van der Waals surface area contributed by atoms with Crippen LogP contribution >= 0.6 is 11.3 Å². The summed E-state index contributed by atoms with van der Waals surface area (Å²) in [6, 6.07) is 8.52. The van der Waals surface area contributed by atoms with Crippen molar-refractivity contribution in [2.75, 3.05) is 0 Å². The molecule has 14 heavy (non-hydrogen) atoms. The van der Waals surface area contributed by atoms with Crippen LogP contribution in [0.4, 0.5) is 0 Å². The minimum absolute atomic E-state index is 1.33. The number of benzene rings is 1. The molecule has 1 aromatic heterocycles. The molecule has 1 aliphatic rings. The second-order valence-electron chi connectivity index (χ2n) is 3.21. The summed E-state index contributed by atoms with van der Waals surface area (Å²) in [4.78, 5) is 0. The average Bonchev–Trinajstić information content (AvgIpc) is 2.42. The molecule has 1 aliphatic carbocycles. The Morgan fingerprint density at radius 1 is 1.00 bits per heavy atom. The predicted molar refractivity (Wildman–Crippen MR) is 62.7 cm³/mol. The molecule has 3 rings (SSSR count). The largest absolute Gasteiger partial charge is 0.135 e. The first-order chi connectivity index (χ1) is 6.95. The predicted octanol–water partition coefficient (Wildman–Crippen LogP) is 2.19. The van der Waals surface area contributed by atoms with Crippen LogP contribution in [0.3, 0.4) is 0 Å². The lowest BCUT2D eigenvalue weighted by Gasteiger charge is -1.84. The number of thiophene rings is 1. The van der Waals surface area contributed by atoms with Gasteiger partial charge in [0.15, 0.2) is 0 Å². The van der Waals surface area contributed by atoms with Gasteiger partial charge in [-0.15, -0.1) is 17.1 Å². The van der Waals surface area contributed by atoms with Gasteiger partial charge in [-0.1, -0.05) is 18.2 Å². The maximum absolute atomic E-state index is 3.09. The Balaban J connectivity index is 2.63. The van der Waals surface area contributed by atoms with E-state index in [1.54, 1.807) is 0 Å². The fourth-order valence-corrected chi connectivity index (χ4v) is 2.79. The summed E-state index contributed by atoms with van der Waals surface area (Å²) in [5, 5.41) is 2.67. The standard InChI is InChI=1S/C13H8S/c1-2-6-10-11-7-4-5-9-13(11)14-12(10)8-3-1/h2-9H. The molecule has 0 aliphatic heterocycles. The van der Waals surface area contributed by atoms with Gasteiger partial charge in [0.1, 0.15) is 0 Å². The SMILES string of the molecule is C1=CC=c2sc3ccccc3c2=CC=1. The topological polar surface area (TPSA) is 0 Å². The van der Waals surface area contributed by atoms with E-state index >= 15 is 0 Å². The van der Waals surface area contributed by atoms with E-state index in [0.717, 1.165) is 0 Å². The number of allylic oxidation sites excluding steroid dienone is 1. The fourth-order valence-electron chi connectivity index (χ4n) is 1.69. The number of hydrogen-bond acceptors (Lipinski definition) is 1. The third-order valence-electron chi connectivity index (χ3n) is 2.34. The maximum Gasteiger partial charge on any atom is 0.0361 e. The average molecular weight is 196 g/mol. The lowest BCUT2D eigenvalue weighted by atomic mass is 10.2. The van der Waals surface area contributed by atoms with E-state index < -0.39 is 0 Å². The monoisotopic (exact) mass is 196 g/mol. The van der Waals surface area contributed by atoms with Gasteiger partial charge in [0, 0.05) is 19.8 Å².